The third-order valence-electron chi connectivity index (χ3n) is 1.89. The monoisotopic (exact) mass is 344 g/mol. The number of rotatable bonds is 4. The molecule has 0 atom stereocenters. The second-order valence-electron chi connectivity index (χ2n) is 3.10. The van der Waals surface area contributed by atoms with Crippen LogP contribution in [0.25, 0.3) is 0 Å². The van der Waals surface area contributed by atoms with Gasteiger partial charge in [0.2, 0.25) is 0 Å². The molecule has 0 aliphatic rings. The summed E-state index contributed by atoms with van der Waals surface area (Å²) in [6.07, 6.45) is 3.51. The van der Waals surface area contributed by atoms with Crippen molar-refractivity contribution >= 4 is 15.2 Å². The summed E-state index contributed by atoms with van der Waals surface area (Å²) in [5.41, 5.74) is 0. The predicted octanol–water partition coefficient (Wildman–Crippen LogP) is -9.77. The average molecular weight is 344 g/mol. The zero-order valence-corrected chi connectivity index (χ0v) is 18.6. The summed E-state index contributed by atoms with van der Waals surface area (Å²) in [5, 5.41) is 6.04. The molecule has 9 nitrogen and oxygen atoms in total. The van der Waals surface area contributed by atoms with Gasteiger partial charge in [0.05, 0.1) is 12.9 Å². The van der Waals surface area contributed by atoms with Crippen LogP contribution in [0.2, 0.25) is 0 Å². The van der Waals surface area contributed by atoms with Gasteiger partial charge in [0.25, 0.3) is 5.08 Å². The van der Waals surface area contributed by atoms with E-state index in [0.717, 1.165) is 10.9 Å². The van der Waals surface area contributed by atoms with Crippen LogP contribution in [0, 0.1) is 0 Å². The molecule has 0 aliphatic carbocycles. The molecule has 0 aromatic carbocycles. The second-order valence-corrected chi connectivity index (χ2v) is 7.11. The summed E-state index contributed by atoms with van der Waals surface area (Å²) >= 11 is 0. The van der Waals surface area contributed by atoms with E-state index in [0.29, 0.717) is 0 Å². The molecule has 0 saturated carbocycles. The largest absolute Gasteiger partial charge is 1.00 e. The van der Waals surface area contributed by atoms with E-state index >= 15 is 0 Å². The van der Waals surface area contributed by atoms with Crippen molar-refractivity contribution in [2.24, 2.45) is 0 Å². The number of nitrogens with zero attached hydrogens (tertiary/aromatic N) is 2. The molecular formula is C5H13N2Na3O7P2. The molecule has 0 aliphatic heterocycles. The Morgan fingerprint density at radius 1 is 1.11 bits per heavy atom. The average Bonchev–Trinajstić information content (AvgIpc) is 2.52. The molecule has 0 unspecified atom stereocenters. The van der Waals surface area contributed by atoms with Crippen LogP contribution in [0.3, 0.4) is 0 Å². The van der Waals surface area contributed by atoms with Gasteiger partial charge in [-0.3, -0.25) is 9.13 Å². The maximum Gasteiger partial charge on any atom is 1.00 e. The zero-order valence-electron chi connectivity index (χ0n) is 13.8. The number of hydrogen-bond donors (Lipinski definition) is 5. The summed E-state index contributed by atoms with van der Waals surface area (Å²) in [5.74, 6) is 0. The maximum atomic E-state index is 10.9. The molecular weight excluding hydrogens is 331 g/mol. The number of imidazole rings is 1. The molecule has 19 heavy (non-hydrogen) atoms. The van der Waals surface area contributed by atoms with E-state index in [1.807, 2.05) is 0 Å². The molecule has 14 heteroatoms. The Balaban J connectivity index is -0.000000107. The van der Waals surface area contributed by atoms with E-state index in [1.54, 1.807) is 0 Å². The molecule has 98 valence electrons. The van der Waals surface area contributed by atoms with Crippen molar-refractivity contribution < 1.29 is 127 Å². The first kappa shape index (κ1) is 26.4. The Kier molecular flexibility index (Phi) is 13.3. The Hall–Kier alpha value is 2.47. The molecule has 0 fully saturated rings. The van der Waals surface area contributed by atoms with Gasteiger partial charge in [-0.05, 0) is 0 Å². The molecule has 1 rings (SSSR count). The molecule has 1 aromatic heterocycles. The van der Waals surface area contributed by atoms with Crippen LogP contribution in [0.15, 0.2) is 18.7 Å². The smallest absolute Gasteiger partial charge is 1.00 e. The Morgan fingerprint density at radius 2 is 1.53 bits per heavy atom. The zero-order chi connectivity index (χ0) is 12.6. The van der Waals surface area contributed by atoms with Crippen LogP contribution in [0.5, 0.6) is 0 Å². The first-order chi connectivity index (χ1) is 7.08. The summed E-state index contributed by atoms with van der Waals surface area (Å²) in [7, 11) is -10.8. The topological polar surface area (TPSA) is 153 Å². The molecule has 0 amide bonds. The van der Waals surface area contributed by atoms with Gasteiger partial charge in [0.1, 0.15) is 0 Å². The number of aromatic nitrogens is 2. The van der Waals surface area contributed by atoms with Crippen molar-refractivity contribution in [3.63, 3.8) is 0 Å². The van der Waals surface area contributed by atoms with Crippen LogP contribution in [0.4, 0.5) is 0 Å². The van der Waals surface area contributed by atoms with E-state index in [-0.39, 0.29) is 93.0 Å². The van der Waals surface area contributed by atoms with Crippen molar-refractivity contribution in [2.45, 2.75) is 11.6 Å². The van der Waals surface area contributed by atoms with Crippen LogP contribution >= 0.6 is 15.2 Å². The first-order valence-corrected chi connectivity index (χ1v) is 7.10. The third kappa shape index (κ3) is 6.62. The van der Waals surface area contributed by atoms with E-state index in [2.05, 4.69) is 4.98 Å². The minimum absolute atomic E-state index is 0. The third-order valence-corrected chi connectivity index (χ3v) is 5.60. The predicted molar refractivity (Wildman–Crippen MR) is 54.6 cm³/mol. The van der Waals surface area contributed by atoms with E-state index in [1.165, 1.54) is 12.4 Å². The molecule has 0 spiro atoms. The van der Waals surface area contributed by atoms with Crippen molar-refractivity contribution in [1.82, 2.24) is 9.55 Å². The minimum atomic E-state index is -5.41. The van der Waals surface area contributed by atoms with E-state index in [9.17, 15) is 14.2 Å². The quantitative estimate of drug-likeness (QED) is 0.267. The van der Waals surface area contributed by atoms with Crippen LogP contribution in [-0.4, -0.2) is 39.3 Å². The van der Waals surface area contributed by atoms with Crippen LogP contribution in [-0.2, 0) is 15.7 Å². The summed E-state index contributed by atoms with van der Waals surface area (Å²) < 4.78 is 22.8. The summed E-state index contributed by atoms with van der Waals surface area (Å²) in [6, 6.07) is 0. The van der Waals surface area contributed by atoms with E-state index in [4.69, 9.17) is 19.6 Å². The van der Waals surface area contributed by atoms with Crippen LogP contribution in [0.1, 0.15) is 4.28 Å². The van der Waals surface area contributed by atoms with Gasteiger partial charge >= 0.3 is 104 Å². The Morgan fingerprint density at radius 3 is 1.79 bits per heavy atom. The van der Waals surface area contributed by atoms with Crippen molar-refractivity contribution in [1.29, 1.82) is 0 Å². The fourth-order valence-corrected chi connectivity index (χ4v) is 3.03. The minimum Gasteiger partial charge on any atom is -1.00 e. The summed E-state index contributed by atoms with van der Waals surface area (Å²) in [4.78, 5) is 38.7. The summed E-state index contributed by atoms with van der Waals surface area (Å²) in [6.45, 7) is -0.957. The SMILES string of the molecule is O=P(O)(O)C(O)(Cn1ccnc1)P(=O)(O)O.[H-].[H-].[H-].[Na+].[Na+].[Na+]. The molecule has 5 N–H and O–H groups in total. The van der Waals surface area contributed by atoms with Gasteiger partial charge in [-0.15, -0.1) is 0 Å². The standard InChI is InChI=1S/C5H10N2O7P2.3Na.3H/c8-5(15(9,10)11,16(12,13)14)3-7-2-1-6-4-7;;;;;;/h1-2,4,8H,3H2,(H2,9,10,11)(H2,12,13,14);;;;;;/q;3*+1;3*-1. The fraction of sp³-hybridized carbons (Fsp3) is 0.400. The normalized spacial score (nSPS) is 11.8. The second kappa shape index (κ2) is 9.57. The molecule has 1 heterocycles. The van der Waals surface area contributed by atoms with Crippen molar-refractivity contribution in [2.75, 3.05) is 0 Å². The Labute approximate surface area is 179 Å². The molecule has 0 radical (unpaired) electrons. The van der Waals surface area contributed by atoms with Gasteiger partial charge in [-0.2, -0.15) is 0 Å². The van der Waals surface area contributed by atoms with E-state index < -0.39 is 26.8 Å². The maximum absolute atomic E-state index is 10.9. The van der Waals surface area contributed by atoms with Gasteiger partial charge in [-0.25, -0.2) is 4.98 Å². The van der Waals surface area contributed by atoms with Gasteiger partial charge in [0, 0.05) is 12.4 Å². The van der Waals surface area contributed by atoms with Crippen molar-refractivity contribution in [3.05, 3.63) is 18.7 Å². The number of aliphatic hydroxyl groups is 1. The number of hydrogen-bond acceptors (Lipinski definition) is 4. The van der Waals surface area contributed by atoms with Crippen LogP contribution < -0.4 is 88.7 Å². The van der Waals surface area contributed by atoms with Gasteiger partial charge in [-0.1, -0.05) is 0 Å². The molecule has 1 aromatic rings. The fourth-order valence-electron chi connectivity index (χ4n) is 0.979. The van der Waals surface area contributed by atoms with Gasteiger partial charge in [0.15, 0.2) is 0 Å². The van der Waals surface area contributed by atoms with Gasteiger partial charge < -0.3 is 33.5 Å². The molecule has 0 bridgehead atoms. The molecule has 0 saturated heterocycles. The van der Waals surface area contributed by atoms with Crippen molar-refractivity contribution in [3.8, 4) is 0 Å². The first-order valence-electron chi connectivity index (χ1n) is 3.87. The Bertz CT molecular complexity index is 448.